The predicted octanol–water partition coefficient (Wildman–Crippen LogP) is 4.18. The van der Waals surface area contributed by atoms with E-state index in [1.54, 1.807) is 6.07 Å². The lowest BCUT2D eigenvalue weighted by molar-refractivity contribution is 0.102. The van der Waals surface area contributed by atoms with Crippen molar-refractivity contribution in [2.45, 2.75) is 13.0 Å². The summed E-state index contributed by atoms with van der Waals surface area (Å²) < 4.78 is 26.1. The van der Waals surface area contributed by atoms with Crippen LogP contribution < -0.4 is 10.6 Å². The first-order valence-electron chi connectivity index (χ1n) is 7.94. The van der Waals surface area contributed by atoms with Crippen LogP contribution in [0.1, 0.15) is 29.0 Å². The molecule has 3 rings (SSSR count). The monoisotopic (exact) mass is 354 g/mol. The smallest absolute Gasteiger partial charge is 0.276 e. The molecule has 0 aliphatic rings. The number of halogens is 2. The highest BCUT2D eigenvalue weighted by Crippen LogP contribution is 2.17. The molecule has 0 saturated carbocycles. The standard InChI is InChI=1S/C19H16F2N4O/c1-12(13-5-3-2-4-6-13)22-18-10-9-17(24-25-18)19(26)23-14-7-8-15(20)16(21)11-14/h2-12H,1H3,(H,22,25)(H,23,26). The number of anilines is 2. The van der Waals surface area contributed by atoms with Gasteiger partial charge >= 0.3 is 0 Å². The molecule has 0 aliphatic heterocycles. The van der Waals surface area contributed by atoms with Gasteiger partial charge < -0.3 is 10.6 Å². The maximum absolute atomic E-state index is 13.2. The van der Waals surface area contributed by atoms with Gasteiger partial charge in [-0.2, -0.15) is 0 Å². The van der Waals surface area contributed by atoms with Gasteiger partial charge in [0.25, 0.3) is 5.91 Å². The number of amides is 1. The molecule has 0 saturated heterocycles. The van der Waals surface area contributed by atoms with E-state index in [-0.39, 0.29) is 17.4 Å². The van der Waals surface area contributed by atoms with Crippen LogP contribution in [0.4, 0.5) is 20.3 Å². The molecule has 0 bridgehead atoms. The number of hydrogen-bond acceptors (Lipinski definition) is 4. The van der Waals surface area contributed by atoms with Gasteiger partial charge in [-0.1, -0.05) is 30.3 Å². The number of nitrogens with zero attached hydrogens (tertiary/aromatic N) is 2. The largest absolute Gasteiger partial charge is 0.362 e. The molecule has 1 unspecified atom stereocenters. The zero-order valence-electron chi connectivity index (χ0n) is 13.9. The third-order valence-electron chi connectivity index (χ3n) is 3.74. The Kier molecular flexibility index (Phi) is 5.17. The van der Waals surface area contributed by atoms with Crippen molar-refractivity contribution in [2.24, 2.45) is 0 Å². The predicted molar refractivity (Wildman–Crippen MR) is 94.8 cm³/mol. The van der Waals surface area contributed by atoms with Gasteiger partial charge in [0, 0.05) is 17.8 Å². The molecule has 0 spiro atoms. The maximum Gasteiger partial charge on any atom is 0.276 e. The highest BCUT2D eigenvalue weighted by molar-refractivity contribution is 6.02. The highest BCUT2D eigenvalue weighted by Gasteiger charge is 2.11. The molecule has 2 aromatic carbocycles. The lowest BCUT2D eigenvalue weighted by Crippen LogP contribution is -2.15. The van der Waals surface area contributed by atoms with Crippen LogP contribution in [0.15, 0.2) is 60.7 Å². The molecule has 1 aromatic heterocycles. The molecule has 26 heavy (non-hydrogen) atoms. The van der Waals surface area contributed by atoms with Gasteiger partial charge in [-0.05, 0) is 36.8 Å². The molecule has 7 heteroatoms. The summed E-state index contributed by atoms with van der Waals surface area (Å²) in [4.78, 5) is 12.1. The summed E-state index contributed by atoms with van der Waals surface area (Å²) in [5.41, 5.74) is 1.29. The van der Waals surface area contributed by atoms with Crippen molar-refractivity contribution in [3.05, 3.63) is 83.6 Å². The quantitative estimate of drug-likeness (QED) is 0.721. The Labute approximate surface area is 149 Å². The molecule has 0 fully saturated rings. The molecule has 5 nitrogen and oxygen atoms in total. The van der Waals surface area contributed by atoms with Crippen molar-refractivity contribution in [2.75, 3.05) is 10.6 Å². The molecular formula is C19H16F2N4O. The average Bonchev–Trinajstić information content (AvgIpc) is 2.66. The SMILES string of the molecule is CC(Nc1ccc(C(=O)Nc2ccc(F)c(F)c2)nn1)c1ccccc1. The minimum Gasteiger partial charge on any atom is -0.362 e. The molecule has 2 N–H and O–H groups in total. The van der Waals surface area contributed by atoms with E-state index in [0.717, 1.165) is 17.7 Å². The molecule has 1 heterocycles. The van der Waals surface area contributed by atoms with Gasteiger partial charge in [-0.3, -0.25) is 4.79 Å². The van der Waals surface area contributed by atoms with E-state index in [0.29, 0.717) is 5.82 Å². The van der Waals surface area contributed by atoms with Crippen molar-refractivity contribution in [3.63, 3.8) is 0 Å². The minimum absolute atomic E-state index is 0.0207. The molecular weight excluding hydrogens is 338 g/mol. The van der Waals surface area contributed by atoms with E-state index >= 15 is 0 Å². The fourth-order valence-corrected chi connectivity index (χ4v) is 2.35. The second-order valence-corrected chi connectivity index (χ2v) is 5.66. The van der Waals surface area contributed by atoms with Gasteiger partial charge in [0.1, 0.15) is 5.82 Å². The van der Waals surface area contributed by atoms with Crippen LogP contribution in [0, 0.1) is 11.6 Å². The van der Waals surface area contributed by atoms with Gasteiger partial charge in [-0.15, -0.1) is 10.2 Å². The van der Waals surface area contributed by atoms with Crippen LogP contribution in [-0.2, 0) is 0 Å². The average molecular weight is 354 g/mol. The van der Waals surface area contributed by atoms with Crippen molar-refractivity contribution < 1.29 is 13.6 Å². The van der Waals surface area contributed by atoms with Gasteiger partial charge in [0.05, 0.1) is 0 Å². The van der Waals surface area contributed by atoms with Crippen molar-refractivity contribution in [1.29, 1.82) is 0 Å². The van der Waals surface area contributed by atoms with Crippen molar-refractivity contribution in [1.82, 2.24) is 10.2 Å². The van der Waals surface area contributed by atoms with Gasteiger partial charge in [0.15, 0.2) is 17.3 Å². The molecule has 3 aromatic rings. The Morgan fingerprint density at radius 3 is 2.38 bits per heavy atom. The van der Waals surface area contributed by atoms with E-state index in [1.165, 1.54) is 12.1 Å². The Morgan fingerprint density at radius 2 is 1.73 bits per heavy atom. The van der Waals surface area contributed by atoms with E-state index in [1.807, 2.05) is 37.3 Å². The van der Waals surface area contributed by atoms with E-state index in [4.69, 9.17) is 0 Å². The van der Waals surface area contributed by atoms with E-state index in [9.17, 15) is 13.6 Å². The van der Waals surface area contributed by atoms with Crippen LogP contribution >= 0.6 is 0 Å². The number of aromatic nitrogens is 2. The third-order valence-corrected chi connectivity index (χ3v) is 3.74. The Morgan fingerprint density at radius 1 is 0.962 bits per heavy atom. The summed E-state index contributed by atoms with van der Waals surface area (Å²) in [6.45, 7) is 1.99. The molecule has 132 valence electrons. The highest BCUT2D eigenvalue weighted by atomic mass is 19.2. The zero-order valence-corrected chi connectivity index (χ0v) is 13.9. The van der Waals surface area contributed by atoms with E-state index < -0.39 is 17.5 Å². The van der Waals surface area contributed by atoms with Crippen LogP contribution in [0.25, 0.3) is 0 Å². The summed E-state index contributed by atoms with van der Waals surface area (Å²) in [5.74, 6) is -2.06. The number of rotatable bonds is 5. The van der Waals surface area contributed by atoms with Crippen LogP contribution in [0.2, 0.25) is 0 Å². The van der Waals surface area contributed by atoms with Crippen LogP contribution in [0.3, 0.4) is 0 Å². The molecule has 0 radical (unpaired) electrons. The molecule has 0 aliphatic carbocycles. The summed E-state index contributed by atoms with van der Waals surface area (Å²) in [7, 11) is 0. The summed E-state index contributed by atoms with van der Waals surface area (Å²) in [6, 6.07) is 16.1. The van der Waals surface area contributed by atoms with Gasteiger partial charge in [-0.25, -0.2) is 8.78 Å². The first kappa shape index (κ1) is 17.5. The second kappa shape index (κ2) is 7.69. The van der Waals surface area contributed by atoms with Crippen molar-refractivity contribution >= 4 is 17.4 Å². The topological polar surface area (TPSA) is 66.9 Å². The van der Waals surface area contributed by atoms with Crippen LogP contribution in [-0.4, -0.2) is 16.1 Å². The normalized spacial score (nSPS) is 11.7. The van der Waals surface area contributed by atoms with E-state index in [2.05, 4.69) is 20.8 Å². The minimum atomic E-state index is -1.04. The molecule has 1 atom stereocenters. The number of nitrogens with one attached hydrogen (secondary N) is 2. The van der Waals surface area contributed by atoms with Crippen molar-refractivity contribution in [3.8, 4) is 0 Å². The summed E-state index contributed by atoms with van der Waals surface area (Å²) in [5, 5.41) is 13.5. The van der Waals surface area contributed by atoms with Crippen LogP contribution in [0.5, 0.6) is 0 Å². The fourth-order valence-electron chi connectivity index (χ4n) is 2.35. The molecule has 1 amide bonds. The fraction of sp³-hybridized carbons (Fsp3) is 0.105. The lowest BCUT2D eigenvalue weighted by Gasteiger charge is -2.14. The second-order valence-electron chi connectivity index (χ2n) is 5.66. The number of benzene rings is 2. The zero-order chi connectivity index (χ0) is 18.5. The Bertz CT molecular complexity index is 901. The lowest BCUT2D eigenvalue weighted by atomic mass is 10.1. The first-order valence-corrected chi connectivity index (χ1v) is 7.94. The Balaban J connectivity index is 1.65. The maximum atomic E-state index is 13.2. The third kappa shape index (κ3) is 4.18. The summed E-state index contributed by atoms with van der Waals surface area (Å²) >= 11 is 0. The van der Waals surface area contributed by atoms with Gasteiger partial charge in [0.2, 0.25) is 0 Å². The number of carbonyl (C=O) groups excluding carboxylic acids is 1. The number of hydrogen-bond donors (Lipinski definition) is 2. The first-order chi connectivity index (χ1) is 12.5. The number of carbonyl (C=O) groups is 1. The summed E-state index contributed by atoms with van der Waals surface area (Å²) in [6.07, 6.45) is 0. The Hall–Kier alpha value is -3.35.